The van der Waals surface area contributed by atoms with Crippen molar-refractivity contribution >= 4 is 0 Å². The molecule has 114 valence electrons. The molecule has 0 spiro atoms. The van der Waals surface area contributed by atoms with E-state index < -0.39 is 0 Å². The molecule has 1 atom stereocenters. The van der Waals surface area contributed by atoms with Crippen molar-refractivity contribution in [3.8, 4) is 0 Å². The van der Waals surface area contributed by atoms with E-state index >= 15 is 0 Å². The van der Waals surface area contributed by atoms with Crippen LogP contribution < -0.4 is 5.32 Å². The Labute approximate surface area is 127 Å². The quantitative estimate of drug-likeness (QED) is 0.917. The van der Waals surface area contributed by atoms with Crippen molar-refractivity contribution in [2.45, 2.75) is 59.2 Å². The number of rotatable bonds is 5. The summed E-state index contributed by atoms with van der Waals surface area (Å²) in [4.78, 5) is 0. The first kappa shape index (κ1) is 14.4. The molecule has 0 saturated heterocycles. The lowest BCUT2D eigenvalue weighted by atomic mass is 9.91. The van der Waals surface area contributed by atoms with E-state index in [0.29, 0.717) is 6.04 Å². The summed E-state index contributed by atoms with van der Waals surface area (Å²) >= 11 is 0. The van der Waals surface area contributed by atoms with Crippen LogP contribution in [0.4, 0.5) is 0 Å². The summed E-state index contributed by atoms with van der Waals surface area (Å²) in [5, 5.41) is 8.16. The molecule has 4 nitrogen and oxygen atoms in total. The highest BCUT2D eigenvalue weighted by Gasteiger charge is 2.21. The Morgan fingerprint density at radius 2 is 2.19 bits per heavy atom. The van der Waals surface area contributed by atoms with E-state index in [4.69, 9.17) is 0 Å². The third kappa shape index (κ3) is 2.91. The number of aryl methyl sites for hydroxylation is 3. The zero-order valence-corrected chi connectivity index (χ0v) is 13.4. The molecule has 0 radical (unpaired) electrons. The van der Waals surface area contributed by atoms with Crippen LogP contribution in [0.3, 0.4) is 0 Å². The fourth-order valence-electron chi connectivity index (χ4n) is 3.49. The van der Waals surface area contributed by atoms with Crippen molar-refractivity contribution in [1.29, 1.82) is 0 Å². The number of nitrogens with one attached hydrogen (secondary N) is 1. The van der Waals surface area contributed by atoms with E-state index in [2.05, 4.69) is 58.9 Å². The smallest absolute Gasteiger partial charge is 0.0639 e. The minimum absolute atomic E-state index is 0.540. The molecule has 1 N–H and O–H groups in total. The number of nitrogens with zero attached hydrogens (tertiary/aromatic N) is 3. The molecular formula is C17H26N4. The van der Waals surface area contributed by atoms with Gasteiger partial charge in [0.15, 0.2) is 0 Å². The van der Waals surface area contributed by atoms with E-state index in [1.807, 2.05) is 0 Å². The average Bonchev–Trinajstić information content (AvgIpc) is 3.03. The maximum absolute atomic E-state index is 4.54. The highest BCUT2D eigenvalue weighted by molar-refractivity contribution is 5.31. The monoisotopic (exact) mass is 286 g/mol. The van der Waals surface area contributed by atoms with Gasteiger partial charge < -0.3 is 9.88 Å². The van der Waals surface area contributed by atoms with Gasteiger partial charge in [-0.2, -0.15) is 5.10 Å². The maximum Gasteiger partial charge on any atom is 0.0639 e. The summed E-state index contributed by atoms with van der Waals surface area (Å²) in [6.07, 6.45) is 8.44. The van der Waals surface area contributed by atoms with Crippen LogP contribution in [0.25, 0.3) is 0 Å². The van der Waals surface area contributed by atoms with Crippen LogP contribution in [0.2, 0.25) is 0 Å². The van der Waals surface area contributed by atoms with Crippen LogP contribution in [-0.4, -0.2) is 20.9 Å². The van der Waals surface area contributed by atoms with E-state index in [9.17, 15) is 0 Å². The van der Waals surface area contributed by atoms with Gasteiger partial charge in [-0.1, -0.05) is 6.92 Å². The van der Waals surface area contributed by atoms with Crippen LogP contribution in [0, 0.1) is 6.92 Å². The molecule has 2 heterocycles. The van der Waals surface area contributed by atoms with E-state index in [-0.39, 0.29) is 0 Å². The van der Waals surface area contributed by atoms with Gasteiger partial charge in [-0.3, -0.25) is 4.68 Å². The largest absolute Gasteiger partial charge is 0.348 e. The first-order valence-corrected chi connectivity index (χ1v) is 8.16. The van der Waals surface area contributed by atoms with Crippen LogP contribution in [0.1, 0.15) is 55.2 Å². The molecule has 1 aliphatic rings. The van der Waals surface area contributed by atoms with Crippen LogP contribution in [-0.2, 0) is 19.5 Å². The molecule has 2 aromatic rings. The normalized spacial score (nSPS) is 18.0. The molecule has 0 saturated carbocycles. The van der Waals surface area contributed by atoms with Gasteiger partial charge in [0.1, 0.15) is 0 Å². The molecule has 4 heteroatoms. The summed E-state index contributed by atoms with van der Waals surface area (Å²) in [5.74, 6) is 0. The van der Waals surface area contributed by atoms with E-state index in [1.165, 1.54) is 36.1 Å². The van der Waals surface area contributed by atoms with Crippen LogP contribution in [0.5, 0.6) is 0 Å². The van der Waals surface area contributed by atoms with Crippen molar-refractivity contribution in [3.05, 3.63) is 41.0 Å². The SMILES string of the molecule is CCNC1CCCc2cn(Cc3cc(C)nn3CC)cc21. The lowest BCUT2D eigenvalue weighted by molar-refractivity contribution is 0.473. The number of aromatic nitrogens is 3. The summed E-state index contributed by atoms with van der Waals surface area (Å²) in [6.45, 7) is 9.30. The summed E-state index contributed by atoms with van der Waals surface area (Å²) in [7, 11) is 0. The van der Waals surface area contributed by atoms with Gasteiger partial charge in [-0.15, -0.1) is 0 Å². The number of fused-ring (bicyclic) bond motifs is 1. The Morgan fingerprint density at radius 1 is 1.33 bits per heavy atom. The molecule has 0 bridgehead atoms. The standard InChI is InChI=1S/C17H26N4/c1-4-18-17-8-6-7-14-10-20(12-16(14)17)11-15-9-13(3)19-21(15)5-2/h9-10,12,17-18H,4-8,11H2,1-3H3. The zero-order valence-electron chi connectivity index (χ0n) is 13.4. The topological polar surface area (TPSA) is 34.8 Å². The molecule has 0 amide bonds. The van der Waals surface area contributed by atoms with E-state index in [0.717, 1.165) is 25.3 Å². The molecule has 1 aliphatic carbocycles. The first-order chi connectivity index (χ1) is 10.2. The van der Waals surface area contributed by atoms with Gasteiger partial charge in [0.05, 0.1) is 17.9 Å². The molecule has 1 unspecified atom stereocenters. The van der Waals surface area contributed by atoms with Crippen molar-refractivity contribution in [2.24, 2.45) is 0 Å². The minimum Gasteiger partial charge on any atom is -0.348 e. The lowest BCUT2D eigenvalue weighted by Gasteiger charge is -2.22. The Hall–Kier alpha value is -1.55. The summed E-state index contributed by atoms with van der Waals surface area (Å²) in [5.41, 5.74) is 5.42. The van der Waals surface area contributed by atoms with Crippen molar-refractivity contribution in [2.75, 3.05) is 6.54 Å². The third-order valence-corrected chi connectivity index (χ3v) is 4.39. The minimum atomic E-state index is 0.540. The molecule has 21 heavy (non-hydrogen) atoms. The Bertz CT molecular complexity index is 608. The predicted molar refractivity (Wildman–Crippen MR) is 85.5 cm³/mol. The number of hydrogen-bond acceptors (Lipinski definition) is 2. The van der Waals surface area contributed by atoms with Gasteiger partial charge in [0, 0.05) is 25.0 Å². The number of hydrogen-bond donors (Lipinski definition) is 1. The van der Waals surface area contributed by atoms with Gasteiger partial charge in [0.2, 0.25) is 0 Å². The Morgan fingerprint density at radius 3 is 2.95 bits per heavy atom. The summed E-state index contributed by atoms with van der Waals surface area (Å²) in [6, 6.07) is 2.74. The molecule has 0 aliphatic heterocycles. The average molecular weight is 286 g/mol. The molecule has 2 aromatic heterocycles. The van der Waals surface area contributed by atoms with Gasteiger partial charge >= 0.3 is 0 Å². The van der Waals surface area contributed by atoms with Gasteiger partial charge in [-0.05, 0) is 56.8 Å². The fourth-order valence-corrected chi connectivity index (χ4v) is 3.49. The first-order valence-electron chi connectivity index (χ1n) is 8.16. The zero-order chi connectivity index (χ0) is 14.8. The highest BCUT2D eigenvalue weighted by atomic mass is 15.3. The second kappa shape index (κ2) is 6.06. The maximum atomic E-state index is 4.54. The predicted octanol–water partition coefficient (Wildman–Crippen LogP) is 3.05. The highest BCUT2D eigenvalue weighted by Crippen LogP contribution is 2.30. The van der Waals surface area contributed by atoms with Crippen molar-refractivity contribution < 1.29 is 0 Å². The van der Waals surface area contributed by atoms with Gasteiger partial charge in [-0.25, -0.2) is 0 Å². The molecule has 0 aromatic carbocycles. The fraction of sp³-hybridized carbons (Fsp3) is 0.588. The molecule has 0 fully saturated rings. The van der Waals surface area contributed by atoms with Gasteiger partial charge in [0.25, 0.3) is 0 Å². The van der Waals surface area contributed by atoms with Crippen LogP contribution in [0.15, 0.2) is 18.5 Å². The third-order valence-electron chi connectivity index (χ3n) is 4.39. The molecular weight excluding hydrogens is 260 g/mol. The lowest BCUT2D eigenvalue weighted by Crippen LogP contribution is -2.23. The Kier molecular flexibility index (Phi) is 4.15. The van der Waals surface area contributed by atoms with Crippen molar-refractivity contribution in [3.63, 3.8) is 0 Å². The second-order valence-corrected chi connectivity index (χ2v) is 6.01. The van der Waals surface area contributed by atoms with E-state index in [1.54, 1.807) is 0 Å². The van der Waals surface area contributed by atoms with Crippen LogP contribution >= 0.6 is 0 Å². The Balaban J connectivity index is 1.84. The molecule has 3 rings (SSSR count). The second-order valence-electron chi connectivity index (χ2n) is 6.01. The summed E-state index contributed by atoms with van der Waals surface area (Å²) < 4.78 is 4.44. The van der Waals surface area contributed by atoms with Crippen molar-refractivity contribution in [1.82, 2.24) is 19.7 Å².